The number of ether oxygens (including phenoxy) is 1. The zero-order valence-corrected chi connectivity index (χ0v) is 16.8. The van der Waals surface area contributed by atoms with Crippen molar-refractivity contribution in [1.29, 1.82) is 0 Å². The molecule has 0 amide bonds. The van der Waals surface area contributed by atoms with Crippen molar-refractivity contribution in [3.05, 3.63) is 58.8 Å². The maximum atomic E-state index is 13.7. The van der Waals surface area contributed by atoms with Crippen molar-refractivity contribution in [2.24, 2.45) is 4.99 Å². The van der Waals surface area contributed by atoms with Crippen molar-refractivity contribution >= 4 is 5.96 Å². The number of rotatable bonds is 6. The first-order valence-electron chi connectivity index (χ1n) is 9.64. The van der Waals surface area contributed by atoms with Crippen LogP contribution in [0.3, 0.4) is 0 Å². The molecule has 0 spiro atoms. The topological polar surface area (TPSA) is 62.0 Å². The summed E-state index contributed by atoms with van der Waals surface area (Å²) in [4.78, 5) is 6.64. The molecule has 2 heterocycles. The number of hydrogen-bond acceptors (Lipinski definition) is 4. The molecule has 1 saturated heterocycles. The quantitative estimate of drug-likeness (QED) is 0.589. The fraction of sp³-hybridized carbons (Fsp3) is 0.476. The second-order valence-corrected chi connectivity index (χ2v) is 7.00. The van der Waals surface area contributed by atoms with Gasteiger partial charge in [-0.2, -0.15) is 0 Å². The Morgan fingerprint density at radius 2 is 1.96 bits per heavy atom. The number of nitrogens with zero attached hydrogens (tertiary/aromatic N) is 2. The molecule has 1 fully saturated rings. The Kier molecular flexibility index (Phi) is 7.06. The molecule has 1 aliphatic rings. The van der Waals surface area contributed by atoms with Gasteiger partial charge in [0.1, 0.15) is 17.3 Å². The summed E-state index contributed by atoms with van der Waals surface area (Å²) in [5.41, 5.74) is 1.52. The number of aliphatic imine (C=N–C) groups is 1. The Hall–Kier alpha value is -2.38. The lowest BCUT2D eigenvalue weighted by molar-refractivity contribution is 0.0124. The van der Waals surface area contributed by atoms with Crippen molar-refractivity contribution in [3.63, 3.8) is 0 Å². The minimum Gasteiger partial charge on any atom is -0.465 e. The van der Waals surface area contributed by atoms with Gasteiger partial charge in [0.15, 0.2) is 5.96 Å². The molecule has 7 heteroatoms. The molecular weight excluding hydrogens is 359 g/mol. The smallest absolute Gasteiger partial charge is 0.191 e. The molecule has 0 bridgehead atoms. The van der Waals surface area contributed by atoms with Crippen LogP contribution in [-0.4, -0.2) is 50.8 Å². The van der Waals surface area contributed by atoms with E-state index in [2.05, 4.69) is 20.5 Å². The van der Waals surface area contributed by atoms with Crippen molar-refractivity contribution in [2.75, 3.05) is 39.9 Å². The Morgan fingerprint density at radius 3 is 2.61 bits per heavy atom. The molecule has 6 nitrogen and oxygen atoms in total. The summed E-state index contributed by atoms with van der Waals surface area (Å²) in [6.45, 7) is 8.03. The second kappa shape index (κ2) is 9.71. The zero-order valence-electron chi connectivity index (χ0n) is 16.8. The SMILES string of the molecule is CN=C(NCc1ccc(C)c(F)c1)NCC(c1ccc(C)o1)N1CCOCC1. The number of benzene rings is 1. The van der Waals surface area contributed by atoms with Gasteiger partial charge in [0, 0.05) is 33.2 Å². The van der Waals surface area contributed by atoms with Gasteiger partial charge in [0.05, 0.1) is 19.3 Å². The van der Waals surface area contributed by atoms with Crippen molar-refractivity contribution in [3.8, 4) is 0 Å². The third-order valence-electron chi connectivity index (χ3n) is 4.96. The van der Waals surface area contributed by atoms with Crippen molar-refractivity contribution < 1.29 is 13.5 Å². The predicted octanol–water partition coefficient (Wildman–Crippen LogP) is 2.77. The number of aryl methyl sites for hydroxylation is 2. The summed E-state index contributed by atoms with van der Waals surface area (Å²) in [7, 11) is 1.73. The Balaban J connectivity index is 1.60. The average molecular weight is 388 g/mol. The van der Waals surface area contributed by atoms with Crippen LogP contribution in [0.5, 0.6) is 0 Å². The third kappa shape index (κ3) is 5.33. The third-order valence-corrected chi connectivity index (χ3v) is 4.96. The van der Waals surface area contributed by atoms with E-state index in [4.69, 9.17) is 9.15 Å². The van der Waals surface area contributed by atoms with E-state index in [1.807, 2.05) is 25.1 Å². The number of hydrogen-bond donors (Lipinski definition) is 2. The summed E-state index contributed by atoms with van der Waals surface area (Å²) in [6.07, 6.45) is 0. The lowest BCUT2D eigenvalue weighted by Gasteiger charge is -2.33. The number of nitrogens with one attached hydrogen (secondary N) is 2. The van der Waals surface area contributed by atoms with E-state index in [-0.39, 0.29) is 11.9 Å². The molecule has 0 radical (unpaired) electrons. The molecular formula is C21H29FN4O2. The van der Waals surface area contributed by atoms with E-state index in [1.54, 1.807) is 26.1 Å². The lowest BCUT2D eigenvalue weighted by Crippen LogP contribution is -2.46. The minimum absolute atomic E-state index is 0.0907. The Morgan fingerprint density at radius 1 is 1.18 bits per heavy atom. The van der Waals surface area contributed by atoms with Gasteiger partial charge in [0.25, 0.3) is 0 Å². The standard InChI is InChI=1S/C21H29FN4O2/c1-15-4-6-17(12-18(15)22)13-24-21(23-3)25-14-19(20-7-5-16(2)28-20)26-8-10-27-11-9-26/h4-7,12,19H,8-11,13-14H2,1-3H3,(H2,23,24,25). The molecule has 2 aromatic rings. The molecule has 0 saturated carbocycles. The molecule has 1 unspecified atom stereocenters. The van der Waals surface area contributed by atoms with Crippen LogP contribution < -0.4 is 10.6 Å². The second-order valence-electron chi connectivity index (χ2n) is 7.00. The fourth-order valence-corrected chi connectivity index (χ4v) is 3.28. The number of guanidine groups is 1. The molecule has 0 aliphatic carbocycles. The normalized spacial score (nSPS) is 16.8. The van der Waals surface area contributed by atoms with E-state index < -0.39 is 0 Å². The van der Waals surface area contributed by atoms with E-state index in [0.29, 0.717) is 24.6 Å². The summed E-state index contributed by atoms with van der Waals surface area (Å²) in [5, 5.41) is 6.62. The highest BCUT2D eigenvalue weighted by atomic mass is 19.1. The monoisotopic (exact) mass is 388 g/mol. The lowest BCUT2D eigenvalue weighted by atomic mass is 10.1. The summed E-state index contributed by atoms with van der Waals surface area (Å²) in [5.74, 6) is 2.31. The van der Waals surface area contributed by atoms with E-state index in [0.717, 1.165) is 43.4 Å². The molecule has 2 N–H and O–H groups in total. The molecule has 1 atom stereocenters. The van der Waals surface area contributed by atoms with Gasteiger partial charge < -0.3 is 19.8 Å². The number of halogens is 1. The van der Waals surface area contributed by atoms with Crippen molar-refractivity contribution in [2.45, 2.75) is 26.4 Å². The van der Waals surface area contributed by atoms with E-state index >= 15 is 0 Å². The first-order chi connectivity index (χ1) is 13.6. The van der Waals surface area contributed by atoms with Gasteiger partial charge in [-0.05, 0) is 43.2 Å². The van der Waals surface area contributed by atoms with Crippen molar-refractivity contribution in [1.82, 2.24) is 15.5 Å². The zero-order chi connectivity index (χ0) is 19.9. The van der Waals surface area contributed by atoms with E-state index in [9.17, 15) is 4.39 Å². The van der Waals surface area contributed by atoms with Crippen LogP contribution in [0.1, 0.15) is 28.7 Å². The van der Waals surface area contributed by atoms with Crippen LogP contribution >= 0.6 is 0 Å². The van der Waals surface area contributed by atoms with Crippen LogP contribution in [0.25, 0.3) is 0 Å². The van der Waals surface area contributed by atoms with Crippen LogP contribution in [-0.2, 0) is 11.3 Å². The van der Waals surface area contributed by atoms with Crippen LogP contribution in [0, 0.1) is 19.7 Å². The number of morpholine rings is 1. The maximum Gasteiger partial charge on any atom is 0.191 e. The Bertz CT molecular complexity index is 799. The average Bonchev–Trinajstić information content (AvgIpc) is 3.14. The molecule has 3 rings (SSSR count). The van der Waals surface area contributed by atoms with Gasteiger partial charge in [-0.25, -0.2) is 4.39 Å². The van der Waals surface area contributed by atoms with Gasteiger partial charge in [-0.15, -0.1) is 0 Å². The fourth-order valence-electron chi connectivity index (χ4n) is 3.28. The first kappa shape index (κ1) is 20.4. The van der Waals surface area contributed by atoms with Crippen LogP contribution in [0.2, 0.25) is 0 Å². The highest BCUT2D eigenvalue weighted by Gasteiger charge is 2.25. The highest BCUT2D eigenvalue weighted by Crippen LogP contribution is 2.23. The minimum atomic E-state index is -0.192. The van der Waals surface area contributed by atoms with Crippen LogP contribution in [0.4, 0.5) is 4.39 Å². The maximum absolute atomic E-state index is 13.7. The van der Waals surface area contributed by atoms with Gasteiger partial charge >= 0.3 is 0 Å². The molecule has 1 aromatic carbocycles. The van der Waals surface area contributed by atoms with Crippen LogP contribution in [0.15, 0.2) is 39.7 Å². The summed E-state index contributed by atoms with van der Waals surface area (Å²) in [6, 6.07) is 9.37. The highest BCUT2D eigenvalue weighted by molar-refractivity contribution is 5.79. The van der Waals surface area contributed by atoms with Gasteiger partial charge in [-0.1, -0.05) is 12.1 Å². The number of furan rings is 1. The summed E-state index contributed by atoms with van der Waals surface area (Å²) >= 11 is 0. The first-order valence-corrected chi connectivity index (χ1v) is 9.64. The molecule has 1 aliphatic heterocycles. The summed E-state index contributed by atoms with van der Waals surface area (Å²) < 4.78 is 25.1. The largest absolute Gasteiger partial charge is 0.465 e. The molecule has 28 heavy (non-hydrogen) atoms. The predicted molar refractivity (Wildman–Crippen MR) is 108 cm³/mol. The molecule has 152 valence electrons. The molecule has 1 aromatic heterocycles. The van der Waals surface area contributed by atoms with Gasteiger partial charge in [0.2, 0.25) is 0 Å². The van der Waals surface area contributed by atoms with Gasteiger partial charge in [-0.3, -0.25) is 9.89 Å². The Labute approximate surface area is 165 Å². The van der Waals surface area contributed by atoms with E-state index in [1.165, 1.54) is 0 Å².